The number of esters is 1. The highest BCUT2D eigenvalue weighted by molar-refractivity contribution is 5.94. The lowest BCUT2D eigenvalue weighted by molar-refractivity contribution is -0.142. The van der Waals surface area contributed by atoms with E-state index >= 15 is 0 Å². The van der Waals surface area contributed by atoms with E-state index in [1.54, 1.807) is 12.1 Å². The molecule has 2 aliphatic rings. The molecule has 2 saturated heterocycles. The molecule has 32 heavy (non-hydrogen) atoms. The van der Waals surface area contributed by atoms with Gasteiger partial charge in [-0.1, -0.05) is 0 Å². The predicted octanol–water partition coefficient (Wildman–Crippen LogP) is 2.18. The summed E-state index contributed by atoms with van der Waals surface area (Å²) in [5, 5.41) is 2.62. The van der Waals surface area contributed by atoms with Crippen molar-refractivity contribution in [3.63, 3.8) is 0 Å². The van der Waals surface area contributed by atoms with Crippen molar-refractivity contribution in [2.45, 2.75) is 39.3 Å². The van der Waals surface area contributed by atoms with Crippen LogP contribution in [0.4, 0.5) is 0 Å². The quantitative estimate of drug-likeness (QED) is 0.654. The van der Waals surface area contributed by atoms with Gasteiger partial charge in [0, 0.05) is 26.6 Å². The number of nitrogens with zero attached hydrogens (tertiary/aromatic N) is 2. The summed E-state index contributed by atoms with van der Waals surface area (Å²) in [5.41, 5.74) is 0.224. The van der Waals surface area contributed by atoms with Crippen LogP contribution in [0.25, 0.3) is 0 Å². The summed E-state index contributed by atoms with van der Waals surface area (Å²) in [7, 11) is 0. The van der Waals surface area contributed by atoms with Gasteiger partial charge in [-0.25, -0.2) is 0 Å². The molecule has 2 fully saturated rings. The smallest absolute Gasteiger partial charge is 0.303 e. The second kappa shape index (κ2) is 9.60. The van der Waals surface area contributed by atoms with Crippen molar-refractivity contribution in [3.8, 4) is 0 Å². The molecular weight excluding hydrogens is 414 g/mol. The minimum Gasteiger partial charge on any atom is -0.461 e. The first-order chi connectivity index (χ1) is 15.4. The summed E-state index contributed by atoms with van der Waals surface area (Å²) in [6, 6.07) is 6.99. The molecule has 9 heteroatoms. The Bertz CT molecular complexity index is 943. The standard InChI is InChI=1S/C23H29N3O6/c1-17(27)31-15-19-5-4-18(32-19)14-25-9-6-23(16-25)7-10-26(11-8-23)21(28)13-24-22(29)20-3-2-12-30-20/h2-5,12H,6-11,13-16H2,1H3,(H,24,29). The lowest BCUT2D eigenvalue weighted by Gasteiger charge is -2.39. The Morgan fingerprint density at radius 1 is 1.09 bits per heavy atom. The van der Waals surface area contributed by atoms with Crippen molar-refractivity contribution in [2.75, 3.05) is 32.7 Å². The van der Waals surface area contributed by atoms with Crippen molar-refractivity contribution in [1.82, 2.24) is 15.1 Å². The van der Waals surface area contributed by atoms with Crippen molar-refractivity contribution >= 4 is 17.8 Å². The second-order valence-corrected chi connectivity index (χ2v) is 8.65. The topological polar surface area (TPSA) is 105 Å². The maximum absolute atomic E-state index is 12.5. The molecule has 0 radical (unpaired) electrons. The molecule has 2 amide bonds. The summed E-state index contributed by atoms with van der Waals surface area (Å²) in [6.45, 7) is 5.62. The lowest BCUT2D eigenvalue weighted by atomic mass is 9.78. The number of piperidine rings is 1. The van der Waals surface area contributed by atoms with Crippen LogP contribution in [-0.4, -0.2) is 60.3 Å². The fourth-order valence-electron chi connectivity index (χ4n) is 4.54. The van der Waals surface area contributed by atoms with Crippen LogP contribution in [0.5, 0.6) is 0 Å². The van der Waals surface area contributed by atoms with Crippen molar-refractivity contribution < 1.29 is 28.0 Å². The molecule has 2 aliphatic heterocycles. The van der Waals surface area contributed by atoms with Gasteiger partial charge in [-0.15, -0.1) is 0 Å². The molecule has 0 unspecified atom stereocenters. The van der Waals surface area contributed by atoms with Crippen LogP contribution in [0.15, 0.2) is 39.4 Å². The van der Waals surface area contributed by atoms with Crippen LogP contribution >= 0.6 is 0 Å². The van der Waals surface area contributed by atoms with E-state index in [1.165, 1.54) is 13.2 Å². The van der Waals surface area contributed by atoms with Gasteiger partial charge in [0.1, 0.15) is 18.1 Å². The van der Waals surface area contributed by atoms with Crippen molar-refractivity contribution in [1.29, 1.82) is 0 Å². The molecule has 172 valence electrons. The molecule has 1 N–H and O–H groups in total. The van der Waals surface area contributed by atoms with Crippen LogP contribution in [0.3, 0.4) is 0 Å². The van der Waals surface area contributed by atoms with Crippen molar-refractivity contribution in [2.24, 2.45) is 5.41 Å². The third kappa shape index (κ3) is 5.40. The minimum absolute atomic E-state index is 0.0210. The average Bonchev–Trinajstić information content (AvgIpc) is 3.53. The Morgan fingerprint density at radius 3 is 2.56 bits per heavy atom. The molecule has 0 bridgehead atoms. The van der Waals surface area contributed by atoms with Crippen LogP contribution in [-0.2, 0) is 27.5 Å². The number of furan rings is 2. The van der Waals surface area contributed by atoms with Gasteiger partial charge in [-0.3, -0.25) is 19.3 Å². The fourth-order valence-corrected chi connectivity index (χ4v) is 4.54. The number of ether oxygens (including phenoxy) is 1. The van der Waals surface area contributed by atoms with Crippen LogP contribution in [0.2, 0.25) is 0 Å². The number of likely N-dealkylation sites (tertiary alicyclic amines) is 2. The first-order valence-corrected chi connectivity index (χ1v) is 11.0. The largest absolute Gasteiger partial charge is 0.461 e. The minimum atomic E-state index is -0.378. The molecule has 0 aliphatic carbocycles. The van der Waals surface area contributed by atoms with E-state index < -0.39 is 0 Å². The molecule has 1 spiro atoms. The van der Waals surface area contributed by atoms with Crippen molar-refractivity contribution in [3.05, 3.63) is 47.8 Å². The average molecular weight is 444 g/mol. The van der Waals surface area contributed by atoms with E-state index in [2.05, 4.69) is 10.2 Å². The fraction of sp³-hybridized carbons (Fsp3) is 0.522. The number of carbonyl (C=O) groups excluding carboxylic acids is 3. The van der Waals surface area contributed by atoms with Crippen LogP contribution in [0, 0.1) is 5.41 Å². The van der Waals surface area contributed by atoms with Crippen LogP contribution < -0.4 is 5.32 Å². The summed E-state index contributed by atoms with van der Waals surface area (Å²) < 4.78 is 15.8. The molecular formula is C23H29N3O6. The maximum atomic E-state index is 12.5. The third-order valence-electron chi connectivity index (χ3n) is 6.35. The third-order valence-corrected chi connectivity index (χ3v) is 6.35. The van der Waals surface area contributed by atoms with E-state index in [-0.39, 0.29) is 42.1 Å². The Balaban J connectivity index is 1.20. The lowest BCUT2D eigenvalue weighted by Crippen LogP contribution is -2.47. The molecule has 0 aromatic carbocycles. The van der Waals surface area contributed by atoms with Gasteiger partial charge in [-0.2, -0.15) is 0 Å². The normalized spacial score (nSPS) is 18.1. The van der Waals surface area contributed by atoms with Gasteiger partial charge in [0.05, 0.1) is 19.4 Å². The zero-order valence-electron chi connectivity index (χ0n) is 18.3. The number of rotatable bonds is 7. The zero-order chi connectivity index (χ0) is 22.6. The van der Waals surface area contributed by atoms with Gasteiger partial charge in [-0.05, 0) is 55.5 Å². The Labute approximate surface area is 186 Å². The highest BCUT2D eigenvalue weighted by Crippen LogP contribution is 2.40. The van der Waals surface area contributed by atoms with Gasteiger partial charge in [0.2, 0.25) is 5.91 Å². The molecule has 4 rings (SSSR count). The molecule has 4 heterocycles. The van der Waals surface area contributed by atoms with Crippen LogP contribution in [0.1, 0.15) is 48.3 Å². The Hall–Kier alpha value is -3.07. The Morgan fingerprint density at radius 2 is 1.84 bits per heavy atom. The first-order valence-electron chi connectivity index (χ1n) is 11.0. The molecule has 2 aromatic rings. The monoisotopic (exact) mass is 443 g/mol. The number of amides is 2. The number of hydrogen-bond acceptors (Lipinski definition) is 7. The predicted molar refractivity (Wildman–Crippen MR) is 113 cm³/mol. The van der Waals surface area contributed by atoms with Gasteiger partial charge >= 0.3 is 5.97 Å². The second-order valence-electron chi connectivity index (χ2n) is 8.65. The maximum Gasteiger partial charge on any atom is 0.303 e. The number of nitrogens with one attached hydrogen (secondary N) is 1. The van der Waals surface area contributed by atoms with E-state index in [4.69, 9.17) is 13.6 Å². The first kappa shape index (κ1) is 22.1. The van der Waals surface area contributed by atoms with E-state index in [0.717, 1.165) is 44.7 Å². The molecule has 0 atom stereocenters. The summed E-state index contributed by atoms with van der Waals surface area (Å²) in [4.78, 5) is 39.6. The zero-order valence-corrected chi connectivity index (χ0v) is 18.3. The summed E-state index contributed by atoms with van der Waals surface area (Å²) in [6.07, 6.45) is 4.44. The highest BCUT2D eigenvalue weighted by Gasteiger charge is 2.41. The SMILES string of the molecule is CC(=O)OCc1ccc(CN2CCC3(CCN(C(=O)CNC(=O)c4ccco4)CC3)C2)o1. The summed E-state index contributed by atoms with van der Waals surface area (Å²) in [5.74, 6) is 0.951. The molecule has 0 saturated carbocycles. The highest BCUT2D eigenvalue weighted by atomic mass is 16.5. The van der Waals surface area contributed by atoms with Gasteiger partial charge < -0.3 is 23.8 Å². The van der Waals surface area contributed by atoms with E-state index in [0.29, 0.717) is 18.8 Å². The summed E-state index contributed by atoms with van der Waals surface area (Å²) >= 11 is 0. The Kier molecular flexibility index (Phi) is 6.64. The number of carbonyl (C=O) groups is 3. The van der Waals surface area contributed by atoms with Gasteiger partial charge in [0.15, 0.2) is 5.76 Å². The molecule has 2 aromatic heterocycles. The molecule has 9 nitrogen and oxygen atoms in total. The van der Waals surface area contributed by atoms with E-state index in [9.17, 15) is 14.4 Å². The van der Waals surface area contributed by atoms with E-state index in [1.807, 2.05) is 17.0 Å². The van der Waals surface area contributed by atoms with Gasteiger partial charge in [0.25, 0.3) is 5.91 Å². The number of hydrogen-bond donors (Lipinski definition) is 1.